The van der Waals surface area contributed by atoms with E-state index in [9.17, 15) is 14.4 Å². The Hall–Kier alpha value is -3.61. The number of carbonyl (C=O) groups is 3. The number of aryl methyl sites for hydroxylation is 1. The lowest BCUT2D eigenvalue weighted by molar-refractivity contribution is -0.147. The summed E-state index contributed by atoms with van der Waals surface area (Å²) in [4.78, 5) is 35.5. The number of benzene rings is 2. The molecule has 0 spiro atoms. The van der Waals surface area contributed by atoms with E-state index in [-0.39, 0.29) is 19.6 Å². The Bertz CT molecular complexity index is 1050. The van der Waals surface area contributed by atoms with Gasteiger partial charge in [0.1, 0.15) is 5.58 Å². The van der Waals surface area contributed by atoms with Crippen molar-refractivity contribution in [1.82, 2.24) is 5.32 Å². The minimum absolute atomic E-state index is 0.0285. The highest BCUT2D eigenvalue weighted by molar-refractivity contribution is 5.89. The number of hydrogen-bond donors (Lipinski definition) is 1. The lowest BCUT2D eigenvalue weighted by Crippen LogP contribution is -2.28. The number of nitrogens with one attached hydrogen (secondary N) is 1. The standard InChI is InChI=1S/C23H23NO6/c1-3-15-6-9-19-18(13-29-20(19)10-15)11-22(26)30-14-21(25)24-12-16-4-7-17(8-5-16)23(27)28-2/h4-10,13H,3,11-12,14H2,1-2H3,(H,24,25). The van der Waals surface area contributed by atoms with Crippen LogP contribution in [0.5, 0.6) is 0 Å². The summed E-state index contributed by atoms with van der Waals surface area (Å²) in [5.41, 5.74) is 3.84. The Balaban J connectivity index is 1.45. The molecule has 156 valence electrons. The largest absolute Gasteiger partial charge is 0.465 e. The minimum atomic E-state index is -0.505. The number of carbonyl (C=O) groups excluding carboxylic acids is 3. The van der Waals surface area contributed by atoms with E-state index in [1.54, 1.807) is 30.5 Å². The van der Waals surface area contributed by atoms with Gasteiger partial charge in [-0.1, -0.05) is 31.2 Å². The predicted octanol–water partition coefficient (Wildman–Crippen LogP) is 3.18. The molecule has 3 rings (SSSR count). The molecule has 2 aromatic carbocycles. The lowest BCUT2D eigenvalue weighted by atomic mass is 10.1. The summed E-state index contributed by atoms with van der Waals surface area (Å²) in [5.74, 6) is -1.34. The average molecular weight is 409 g/mol. The van der Waals surface area contributed by atoms with Crippen LogP contribution in [0.4, 0.5) is 0 Å². The fourth-order valence-corrected chi connectivity index (χ4v) is 2.97. The third kappa shape index (κ3) is 5.26. The highest BCUT2D eigenvalue weighted by atomic mass is 16.5. The molecule has 0 aliphatic carbocycles. The number of fused-ring (bicyclic) bond motifs is 1. The van der Waals surface area contributed by atoms with Crippen LogP contribution in [0.3, 0.4) is 0 Å². The first-order chi connectivity index (χ1) is 14.5. The van der Waals surface area contributed by atoms with E-state index in [0.717, 1.165) is 34.1 Å². The van der Waals surface area contributed by atoms with Crippen molar-refractivity contribution >= 4 is 28.8 Å². The van der Waals surface area contributed by atoms with Gasteiger partial charge >= 0.3 is 11.9 Å². The van der Waals surface area contributed by atoms with E-state index in [2.05, 4.69) is 17.0 Å². The van der Waals surface area contributed by atoms with Crippen LogP contribution in [0.25, 0.3) is 11.0 Å². The first kappa shape index (κ1) is 21.1. The smallest absolute Gasteiger partial charge is 0.337 e. The van der Waals surface area contributed by atoms with Crippen LogP contribution in [-0.4, -0.2) is 31.6 Å². The van der Waals surface area contributed by atoms with E-state index in [4.69, 9.17) is 9.15 Å². The summed E-state index contributed by atoms with van der Waals surface area (Å²) < 4.78 is 15.2. The quantitative estimate of drug-likeness (QED) is 0.574. The molecule has 7 nitrogen and oxygen atoms in total. The van der Waals surface area contributed by atoms with E-state index in [1.165, 1.54) is 7.11 Å². The molecule has 1 aromatic heterocycles. The maximum atomic E-state index is 12.1. The average Bonchev–Trinajstić information content (AvgIpc) is 3.17. The monoisotopic (exact) mass is 409 g/mol. The molecule has 1 amide bonds. The maximum Gasteiger partial charge on any atom is 0.337 e. The number of hydrogen-bond acceptors (Lipinski definition) is 6. The lowest BCUT2D eigenvalue weighted by Gasteiger charge is -2.07. The molecule has 1 N–H and O–H groups in total. The Labute approximate surface area is 174 Å². The summed E-state index contributed by atoms with van der Waals surface area (Å²) in [6, 6.07) is 12.5. The minimum Gasteiger partial charge on any atom is -0.465 e. The van der Waals surface area contributed by atoms with Crippen molar-refractivity contribution in [1.29, 1.82) is 0 Å². The molecule has 0 atom stereocenters. The van der Waals surface area contributed by atoms with Gasteiger partial charge < -0.3 is 19.2 Å². The van der Waals surface area contributed by atoms with Crippen molar-refractivity contribution in [3.63, 3.8) is 0 Å². The topological polar surface area (TPSA) is 94.8 Å². The van der Waals surface area contributed by atoms with Gasteiger partial charge in [-0.3, -0.25) is 9.59 Å². The molecule has 30 heavy (non-hydrogen) atoms. The Morgan fingerprint density at radius 1 is 1.03 bits per heavy atom. The zero-order valence-electron chi connectivity index (χ0n) is 16.9. The van der Waals surface area contributed by atoms with E-state index < -0.39 is 17.8 Å². The van der Waals surface area contributed by atoms with Gasteiger partial charge in [0, 0.05) is 17.5 Å². The molecule has 3 aromatic rings. The second-order valence-corrected chi connectivity index (χ2v) is 6.75. The first-order valence-corrected chi connectivity index (χ1v) is 9.58. The maximum absolute atomic E-state index is 12.1. The number of rotatable bonds is 8. The number of esters is 2. The molecule has 0 saturated carbocycles. The van der Waals surface area contributed by atoms with E-state index in [1.807, 2.05) is 18.2 Å². The van der Waals surface area contributed by atoms with Gasteiger partial charge in [-0.05, 0) is 35.7 Å². The Morgan fingerprint density at radius 3 is 2.47 bits per heavy atom. The van der Waals surface area contributed by atoms with Gasteiger partial charge in [-0.25, -0.2) is 4.79 Å². The van der Waals surface area contributed by atoms with Crippen molar-refractivity contribution < 1.29 is 28.3 Å². The summed E-state index contributed by atoms with van der Waals surface area (Å²) in [6.45, 7) is 1.95. The Kier molecular flexibility index (Phi) is 6.85. The molecule has 0 fully saturated rings. The highest BCUT2D eigenvalue weighted by Gasteiger charge is 2.13. The van der Waals surface area contributed by atoms with Gasteiger partial charge in [0.05, 0.1) is 25.4 Å². The number of amides is 1. The third-order valence-electron chi connectivity index (χ3n) is 4.69. The van der Waals surface area contributed by atoms with Crippen molar-refractivity contribution in [2.75, 3.05) is 13.7 Å². The summed E-state index contributed by atoms with van der Waals surface area (Å²) >= 11 is 0. The molecule has 1 heterocycles. The zero-order chi connectivity index (χ0) is 21.5. The highest BCUT2D eigenvalue weighted by Crippen LogP contribution is 2.23. The molecule has 0 radical (unpaired) electrons. The molecular formula is C23H23NO6. The normalized spacial score (nSPS) is 10.6. The van der Waals surface area contributed by atoms with Crippen molar-refractivity contribution in [3.8, 4) is 0 Å². The van der Waals surface area contributed by atoms with Crippen molar-refractivity contribution in [3.05, 3.63) is 71.0 Å². The molecule has 7 heteroatoms. The van der Waals surface area contributed by atoms with Crippen molar-refractivity contribution in [2.24, 2.45) is 0 Å². The summed E-state index contributed by atoms with van der Waals surface area (Å²) in [5, 5.41) is 3.53. The van der Waals surface area contributed by atoms with Crippen LogP contribution in [0.15, 0.2) is 53.1 Å². The molecule has 0 aliphatic heterocycles. The van der Waals surface area contributed by atoms with Gasteiger partial charge in [0.25, 0.3) is 5.91 Å². The summed E-state index contributed by atoms with van der Waals surface area (Å²) in [7, 11) is 1.31. The fraction of sp³-hybridized carbons (Fsp3) is 0.261. The predicted molar refractivity (Wildman–Crippen MR) is 110 cm³/mol. The molecule has 0 aliphatic rings. The second kappa shape index (κ2) is 9.73. The van der Waals surface area contributed by atoms with Gasteiger partial charge in [-0.15, -0.1) is 0 Å². The van der Waals surface area contributed by atoms with Gasteiger partial charge in [0.2, 0.25) is 0 Å². The number of methoxy groups -OCH3 is 1. The molecule has 0 saturated heterocycles. The number of furan rings is 1. The van der Waals surface area contributed by atoms with Gasteiger partial charge in [0.15, 0.2) is 6.61 Å². The second-order valence-electron chi connectivity index (χ2n) is 6.75. The SMILES string of the molecule is CCc1ccc2c(CC(=O)OCC(=O)NCc3ccc(C(=O)OC)cc3)coc2c1. The molecular weight excluding hydrogens is 386 g/mol. The Morgan fingerprint density at radius 2 is 1.77 bits per heavy atom. The zero-order valence-corrected chi connectivity index (χ0v) is 16.9. The van der Waals surface area contributed by atoms with Gasteiger partial charge in [-0.2, -0.15) is 0 Å². The van der Waals surface area contributed by atoms with Crippen LogP contribution in [0.2, 0.25) is 0 Å². The van der Waals surface area contributed by atoms with Crippen LogP contribution in [0, 0.1) is 0 Å². The first-order valence-electron chi connectivity index (χ1n) is 9.58. The third-order valence-corrected chi connectivity index (χ3v) is 4.69. The van der Waals surface area contributed by atoms with Crippen LogP contribution < -0.4 is 5.32 Å². The van der Waals surface area contributed by atoms with E-state index >= 15 is 0 Å². The molecule has 0 bridgehead atoms. The summed E-state index contributed by atoms with van der Waals surface area (Å²) in [6.07, 6.45) is 2.47. The van der Waals surface area contributed by atoms with Crippen LogP contribution in [0.1, 0.15) is 34.0 Å². The van der Waals surface area contributed by atoms with Crippen LogP contribution in [-0.2, 0) is 38.4 Å². The van der Waals surface area contributed by atoms with Crippen molar-refractivity contribution in [2.45, 2.75) is 26.3 Å². The fourth-order valence-electron chi connectivity index (χ4n) is 2.97. The molecule has 0 unspecified atom stereocenters. The van der Waals surface area contributed by atoms with Crippen LogP contribution >= 0.6 is 0 Å². The number of ether oxygens (including phenoxy) is 2. The van der Waals surface area contributed by atoms with E-state index in [0.29, 0.717) is 5.56 Å².